The van der Waals surface area contributed by atoms with Crippen LogP contribution >= 0.6 is 11.3 Å². The van der Waals surface area contributed by atoms with Crippen molar-refractivity contribution in [2.24, 2.45) is 5.10 Å². The molecule has 1 aromatic carbocycles. The minimum absolute atomic E-state index is 0.640. The van der Waals surface area contributed by atoms with E-state index in [4.69, 9.17) is 9.47 Å². The first-order valence-electron chi connectivity index (χ1n) is 7.36. The van der Waals surface area contributed by atoms with Gasteiger partial charge in [-0.15, -0.1) is 11.3 Å². The Labute approximate surface area is 144 Å². The average Bonchev–Trinajstić information content (AvgIpc) is 2.89. The summed E-state index contributed by atoms with van der Waals surface area (Å²) in [6.07, 6.45) is 3.23. The zero-order valence-corrected chi connectivity index (χ0v) is 14.8. The fourth-order valence-electron chi connectivity index (χ4n) is 2.44. The number of thiophene rings is 1. The highest BCUT2D eigenvalue weighted by Gasteiger charge is 2.11. The second kappa shape index (κ2) is 6.84. The van der Waals surface area contributed by atoms with Crippen LogP contribution < -0.4 is 14.9 Å². The van der Waals surface area contributed by atoms with E-state index < -0.39 is 0 Å². The third-order valence-corrected chi connectivity index (χ3v) is 4.89. The van der Waals surface area contributed by atoms with E-state index in [1.165, 1.54) is 10.4 Å². The highest BCUT2D eigenvalue weighted by atomic mass is 32.1. The second-order valence-corrected chi connectivity index (χ2v) is 6.34. The predicted molar refractivity (Wildman–Crippen MR) is 97.7 cm³/mol. The number of methoxy groups -OCH3 is 2. The monoisotopic (exact) mass is 342 g/mol. The fourth-order valence-corrected chi connectivity index (χ4v) is 3.44. The Morgan fingerprint density at radius 3 is 2.75 bits per heavy atom. The summed E-state index contributed by atoms with van der Waals surface area (Å²) in [7, 11) is 3.21. The molecule has 24 heavy (non-hydrogen) atoms. The van der Waals surface area contributed by atoms with Crippen LogP contribution in [0.4, 0.5) is 5.82 Å². The van der Waals surface area contributed by atoms with Gasteiger partial charge in [-0.3, -0.25) is 5.43 Å². The number of aromatic nitrogens is 2. The molecule has 0 atom stereocenters. The molecule has 0 saturated heterocycles. The number of rotatable bonds is 5. The smallest absolute Gasteiger partial charge is 0.169 e. The summed E-state index contributed by atoms with van der Waals surface area (Å²) in [6, 6.07) is 5.63. The number of nitrogens with zero attached hydrogens (tertiary/aromatic N) is 3. The largest absolute Gasteiger partial charge is 0.493 e. The summed E-state index contributed by atoms with van der Waals surface area (Å²) in [5, 5.41) is 5.31. The van der Waals surface area contributed by atoms with E-state index in [9.17, 15) is 0 Å². The Bertz CT molecular complexity index is 905. The van der Waals surface area contributed by atoms with Crippen LogP contribution in [0.15, 0.2) is 29.6 Å². The van der Waals surface area contributed by atoms with Gasteiger partial charge in [0.05, 0.1) is 25.8 Å². The number of anilines is 1. The van der Waals surface area contributed by atoms with Crippen LogP contribution in [0.1, 0.15) is 16.0 Å². The number of nitrogens with one attached hydrogen (secondary N) is 1. The summed E-state index contributed by atoms with van der Waals surface area (Å²) in [5.41, 5.74) is 4.99. The van der Waals surface area contributed by atoms with E-state index >= 15 is 0 Å². The van der Waals surface area contributed by atoms with Gasteiger partial charge in [-0.1, -0.05) is 6.07 Å². The van der Waals surface area contributed by atoms with E-state index in [-0.39, 0.29) is 0 Å². The number of hydrogen-bond acceptors (Lipinski definition) is 7. The number of para-hydroxylation sites is 1. The SMILES string of the molecule is COc1cccc(/C=N/Nc2ncnc3sc(C)c(C)c23)c1OC. The Morgan fingerprint density at radius 1 is 1.17 bits per heavy atom. The van der Waals surface area contributed by atoms with Gasteiger partial charge in [-0.25, -0.2) is 9.97 Å². The summed E-state index contributed by atoms with van der Waals surface area (Å²) in [4.78, 5) is 10.8. The summed E-state index contributed by atoms with van der Waals surface area (Å²) in [5.74, 6) is 2.00. The third-order valence-electron chi connectivity index (χ3n) is 3.77. The molecule has 3 rings (SSSR count). The molecule has 3 aromatic rings. The maximum atomic E-state index is 5.39. The zero-order chi connectivity index (χ0) is 17.1. The molecular formula is C17H18N4O2S. The van der Waals surface area contributed by atoms with Gasteiger partial charge in [0.1, 0.15) is 11.2 Å². The van der Waals surface area contributed by atoms with Gasteiger partial charge in [0.15, 0.2) is 17.3 Å². The third kappa shape index (κ3) is 2.90. The number of benzene rings is 1. The van der Waals surface area contributed by atoms with Crippen molar-refractivity contribution in [2.75, 3.05) is 19.6 Å². The molecule has 0 bridgehead atoms. The van der Waals surface area contributed by atoms with E-state index in [0.717, 1.165) is 15.8 Å². The highest BCUT2D eigenvalue weighted by molar-refractivity contribution is 7.18. The highest BCUT2D eigenvalue weighted by Crippen LogP contribution is 2.32. The fraction of sp³-hybridized carbons (Fsp3) is 0.235. The Kier molecular flexibility index (Phi) is 4.61. The van der Waals surface area contributed by atoms with Gasteiger partial charge >= 0.3 is 0 Å². The molecule has 2 aromatic heterocycles. The summed E-state index contributed by atoms with van der Waals surface area (Å²) < 4.78 is 10.7. The Balaban J connectivity index is 1.91. The standard InChI is InChI=1S/C17H18N4O2S/c1-10-11(2)24-17-14(10)16(18-9-19-17)21-20-8-12-6-5-7-13(22-3)15(12)23-4/h5-9H,1-4H3,(H,18,19,21)/b20-8+. The molecule has 0 fully saturated rings. The van der Waals surface area contributed by atoms with Crippen LogP contribution in [0, 0.1) is 13.8 Å². The summed E-state index contributed by atoms with van der Waals surface area (Å²) >= 11 is 1.65. The molecular weight excluding hydrogens is 324 g/mol. The lowest BCUT2D eigenvalue weighted by Gasteiger charge is -2.09. The molecule has 0 unspecified atom stereocenters. The molecule has 7 heteroatoms. The van der Waals surface area contributed by atoms with Crippen molar-refractivity contribution in [1.29, 1.82) is 0 Å². The van der Waals surface area contributed by atoms with Gasteiger partial charge in [0.25, 0.3) is 0 Å². The van der Waals surface area contributed by atoms with Crippen LogP contribution in [-0.2, 0) is 0 Å². The lowest BCUT2D eigenvalue weighted by atomic mass is 10.2. The van der Waals surface area contributed by atoms with Gasteiger partial charge in [0, 0.05) is 10.4 Å². The zero-order valence-electron chi connectivity index (χ0n) is 14.0. The van der Waals surface area contributed by atoms with Crippen LogP contribution in [0.2, 0.25) is 0 Å². The number of fused-ring (bicyclic) bond motifs is 1. The number of hydrazone groups is 1. The molecule has 0 saturated carbocycles. The minimum Gasteiger partial charge on any atom is -0.493 e. The minimum atomic E-state index is 0.640. The van der Waals surface area contributed by atoms with E-state index in [2.05, 4.69) is 34.3 Å². The molecule has 0 amide bonds. The Hall–Kier alpha value is -2.67. The van der Waals surface area contributed by atoms with E-state index in [0.29, 0.717) is 17.3 Å². The van der Waals surface area contributed by atoms with Crippen LogP contribution in [0.5, 0.6) is 11.5 Å². The van der Waals surface area contributed by atoms with Crippen LogP contribution in [0.25, 0.3) is 10.2 Å². The molecule has 0 radical (unpaired) electrons. The first-order chi connectivity index (χ1) is 11.7. The number of hydrogen-bond donors (Lipinski definition) is 1. The molecule has 124 valence electrons. The van der Waals surface area contributed by atoms with Crippen molar-refractivity contribution in [2.45, 2.75) is 13.8 Å². The predicted octanol–water partition coefficient (Wildman–Crippen LogP) is 3.77. The molecule has 0 aliphatic carbocycles. The van der Waals surface area contributed by atoms with Crippen LogP contribution in [0.3, 0.4) is 0 Å². The van der Waals surface area contributed by atoms with Gasteiger partial charge in [-0.2, -0.15) is 5.10 Å². The number of aryl methyl sites for hydroxylation is 2. The van der Waals surface area contributed by atoms with Gasteiger partial charge < -0.3 is 9.47 Å². The molecule has 0 aliphatic heterocycles. The van der Waals surface area contributed by atoms with Gasteiger partial charge in [-0.05, 0) is 31.5 Å². The topological polar surface area (TPSA) is 68.6 Å². The maximum Gasteiger partial charge on any atom is 0.169 e. The van der Waals surface area contributed by atoms with Crippen LogP contribution in [-0.4, -0.2) is 30.4 Å². The van der Waals surface area contributed by atoms with Gasteiger partial charge in [0.2, 0.25) is 0 Å². The lowest BCUT2D eigenvalue weighted by molar-refractivity contribution is 0.354. The first kappa shape index (κ1) is 16.2. The first-order valence-corrected chi connectivity index (χ1v) is 8.18. The molecule has 0 aliphatic rings. The lowest BCUT2D eigenvalue weighted by Crippen LogP contribution is -1.98. The molecule has 1 N–H and O–H groups in total. The summed E-state index contributed by atoms with van der Waals surface area (Å²) in [6.45, 7) is 4.15. The quantitative estimate of drug-likeness (QED) is 0.564. The van der Waals surface area contributed by atoms with Crippen molar-refractivity contribution >= 4 is 33.6 Å². The van der Waals surface area contributed by atoms with Crippen molar-refractivity contribution < 1.29 is 9.47 Å². The maximum absolute atomic E-state index is 5.39. The molecule has 2 heterocycles. The Morgan fingerprint density at radius 2 is 2.00 bits per heavy atom. The van der Waals surface area contributed by atoms with Crippen molar-refractivity contribution in [1.82, 2.24) is 9.97 Å². The molecule has 6 nitrogen and oxygen atoms in total. The average molecular weight is 342 g/mol. The van der Waals surface area contributed by atoms with Crippen molar-refractivity contribution in [3.63, 3.8) is 0 Å². The van der Waals surface area contributed by atoms with Crippen molar-refractivity contribution in [3.8, 4) is 11.5 Å². The van der Waals surface area contributed by atoms with E-state index in [1.807, 2.05) is 18.2 Å². The van der Waals surface area contributed by atoms with Crippen molar-refractivity contribution in [3.05, 3.63) is 40.5 Å². The second-order valence-electron chi connectivity index (χ2n) is 5.14. The van der Waals surface area contributed by atoms with E-state index in [1.54, 1.807) is 38.1 Å². The molecule has 0 spiro atoms. The normalized spacial score (nSPS) is 11.2. The number of ether oxygens (including phenoxy) is 2.